The number of carbonyl (C=O) groups is 1. The molecule has 5 nitrogen and oxygen atoms in total. The maximum Gasteiger partial charge on any atom is 0.339 e. The molecule has 2 aromatic rings. The van der Waals surface area contributed by atoms with Crippen LogP contribution in [0.4, 0.5) is 0 Å². The van der Waals surface area contributed by atoms with Gasteiger partial charge in [0.1, 0.15) is 17.9 Å². The van der Waals surface area contributed by atoms with Crippen molar-refractivity contribution in [2.45, 2.75) is 0 Å². The van der Waals surface area contributed by atoms with Crippen molar-refractivity contribution in [2.24, 2.45) is 0 Å². The predicted octanol–water partition coefficient (Wildman–Crippen LogP) is 1.96. The number of rotatable bonds is 5. The molecule has 0 spiro atoms. The summed E-state index contributed by atoms with van der Waals surface area (Å²) in [6.45, 7) is -0.0763. The number of fused-ring (bicyclic) bond motifs is 1. The summed E-state index contributed by atoms with van der Waals surface area (Å²) < 4.78 is 27.6. The van der Waals surface area contributed by atoms with E-state index in [0.717, 1.165) is 11.6 Å². The maximum atomic E-state index is 11.2. The van der Waals surface area contributed by atoms with Crippen LogP contribution in [-0.4, -0.2) is 38.1 Å². The van der Waals surface area contributed by atoms with Crippen LogP contribution in [0.2, 0.25) is 0 Å². The van der Waals surface area contributed by atoms with Crippen LogP contribution in [-0.2, 0) is 9.84 Å². The van der Waals surface area contributed by atoms with Crippen LogP contribution in [0.1, 0.15) is 10.4 Å². The van der Waals surface area contributed by atoms with Gasteiger partial charge in [-0.25, -0.2) is 13.2 Å². The van der Waals surface area contributed by atoms with Crippen LogP contribution in [0, 0.1) is 0 Å². The van der Waals surface area contributed by atoms with Crippen molar-refractivity contribution < 1.29 is 23.1 Å². The lowest BCUT2D eigenvalue weighted by Gasteiger charge is -2.12. The molecule has 0 fully saturated rings. The first kappa shape index (κ1) is 14.3. The number of hydrogen-bond donors (Lipinski definition) is 1. The average Bonchev–Trinajstić information content (AvgIpc) is 2.37. The van der Waals surface area contributed by atoms with Gasteiger partial charge in [-0.1, -0.05) is 30.3 Å². The van der Waals surface area contributed by atoms with Crippen LogP contribution in [0.3, 0.4) is 0 Å². The van der Waals surface area contributed by atoms with Crippen molar-refractivity contribution in [3.63, 3.8) is 0 Å². The number of sulfone groups is 1. The monoisotopic (exact) mass is 294 g/mol. The molecule has 0 saturated heterocycles. The van der Waals surface area contributed by atoms with Crippen LogP contribution in [0.25, 0.3) is 10.8 Å². The van der Waals surface area contributed by atoms with Gasteiger partial charge < -0.3 is 9.84 Å². The van der Waals surface area contributed by atoms with E-state index in [1.165, 1.54) is 6.07 Å². The Morgan fingerprint density at radius 3 is 2.55 bits per heavy atom. The molecule has 2 aromatic carbocycles. The molecule has 0 unspecified atom stereocenters. The van der Waals surface area contributed by atoms with E-state index in [2.05, 4.69) is 0 Å². The minimum atomic E-state index is -3.15. The lowest BCUT2D eigenvalue weighted by atomic mass is 10.1. The second-order valence-corrected chi connectivity index (χ2v) is 6.71. The minimum Gasteiger partial charge on any atom is -0.491 e. The van der Waals surface area contributed by atoms with E-state index in [0.29, 0.717) is 5.39 Å². The van der Waals surface area contributed by atoms with Gasteiger partial charge in [0.15, 0.2) is 9.84 Å². The fourth-order valence-corrected chi connectivity index (χ4v) is 2.25. The Morgan fingerprint density at radius 1 is 1.20 bits per heavy atom. The number of carboxylic acids is 1. The van der Waals surface area contributed by atoms with Gasteiger partial charge in [-0.2, -0.15) is 0 Å². The Labute approximate surface area is 116 Å². The smallest absolute Gasteiger partial charge is 0.339 e. The molecule has 6 heteroatoms. The minimum absolute atomic E-state index is 0.0252. The lowest BCUT2D eigenvalue weighted by molar-refractivity contribution is 0.0693. The van der Waals surface area contributed by atoms with E-state index in [4.69, 9.17) is 4.74 Å². The van der Waals surface area contributed by atoms with Gasteiger partial charge in [-0.15, -0.1) is 0 Å². The Hall–Kier alpha value is -2.08. The van der Waals surface area contributed by atoms with Crippen LogP contribution in [0.15, 0.2) is 36.4 Å². The second kappa shape index (κ2) is 5.50. The van der Waals surface area contributed by atoms with Crippen molar-refractivity contribution in [3.05, 3.63) is 42.0 Å². The number of benzene rings is 2. The summed E-state index contributed by atoms with van der Waals surface area (Å²) in [6, 6.07) is 10.4. The normalized spacial score (nSPS) is 11.4. The molecule has 20 heavy (non-hydrogen) atoms. The van der Waals surface area contributed by atoms with E-state index in [9.17, 15) is 18.3 Å². The molecule has 0 aliphatic heterocycles. The van der Waals surface area contributed by atoms with Gasteiger partial charge in [0.2, 0.25) is 0 Å². The second-order valence-electron chi connectivity index (χ2n) is 4.45. The summed E-state index contributed by atoms with van der Waals surface area (Å²) in [4.78, 5) is 11.2. The van der Waals surface area contributed by atoms with E-state index in [-0.39, 0.29) is 23.7 Å². The topological polar surface area (TPSA) is 80.7 Å². The van der Waals surface area contributed by atoms with Crippen molar-refractivity contribution in [3.8, 4) is 5.75 Å². The van der Waals surface area contributed by atoms with E-state index in [1.807, 2.05) is 12.1 Å². The Kier molecular flexibility index (Phi) is 3.94. The highest BCUT2D eigenvalue weighted by Gasteiger charge is 2.15. The fourth-order valence-electron chi connectivity index (χ4n) is 1.86. The van der Waals surface area contributed by atoms with Crippen molar-refractivity contribution >= 4 is 26.6 Å². The van der Waals surface area contributed by atoms with Crippen LogP contribution < -0.4 is 4.74 Å². The summed E-state index contributed by atoms with van der Waals surface area (Å²) in [5, 5.41) is 10.7. The number of hydrogen-bond acceptors (Lipinski definition) is 4. The Bertz CT molecular complexity index is 749. The third kappa shape index (κ3) is 3.27. The highest BCUT2D eigenvalue weighted by Crippen LogP contribution is 2.30. The average molecular weight is 294 g/mol. The zero-order chi connectivity index (χ0) is 14.8. The van der Waals surface area contributed by atoms with Crippen molar-refractivity contribution in [1.82, 2.24) is 0 Å². The predicted molar refractivity (Wildman–Crippen MR) is 76.1 cm³/mol. The zero-order valence-electron chi connectivity index (χ0n) is 10.9. The third-order valence-corrected chi connectivity index (χ3v) is 3.72. The third-order valence-electron chi connectivity index (χ3n) is 2.81. The fraction of sp³-hybridized carbons (Fsp3) is 0.214. The van der Waals surface area contributed by atoms with Gasteiger partial charge in [-0.3, -0.25) is 0 Å². The van der Waals surface area contributed by atoms with Gasteiger partial charge in [0.05, 0.1) is 5.75 Å². The van der Waals surface area contributed by atoms with E-state index < -0.39 is 15.8 Å². The molecular weight excluding hydrogens is 280 g/mol. The summed E-state index contributed by atoms with van der Waals surface area (Å²) in [5.74, 6) is -1.06. The molecule has 106 valence electrons. The molecule has 0 amide bonds. The van der Waals surface area contributed by atoms with Gasteiger partial charge in [0.25, 0.3) is 0 Å². The molecule has 0 aliphatic carbocycles. The summed E-state index contributed by atoms with van der Waals surface area (Å²) in [6.07, 6.45) is 1.11. The standard InChI is InChI=1S/C14H14O5S/c1-20(17,18)9-8-19-13-11-5-3-2-4-10(11)6-7-12(13)14(15)16/h2-7H,8-9H2,1H3,(H,15,16). The first-order valence-corrected chi connectivity index (χ1v) is 8.00. The van der Waals surface area contributed by atoms with Crippen LogP contribution >= 0.6 is 0 Å². The van der Waals surface area contributed by atoms with Crippen molar-refractivity contribution in [1.29, 1.82) is 0 Å². The maximum absolute atomic E-state index is 11.2. The molecule has 2 rings (SSSR count). The highest BCUT2D eigenvalue weighted by molar-refractivity contribution is 7.90. The van der Waals surface area contributed by atoms with Gasteiger partial charge >= 0.3 is 5.97 Å². The molecular formula is C14H14O5S. The van der Waals surface area contributed by atoms with Gasteiger partial charge in [-0.05, 0) is 11.5 Å². The Morgan fingerprint density at radius 2 is 1.90 bits per heavy atom. The molecule has 0 aliphatic rings. The summed E-state index contributed by atoms with van der Waals surface area (Å²) in [7, 11) is -3.15. The Balaban J connectivity index is 2.42. The van der Waals surface area contributed by atoms with E-state index >= 15 is 0 Å². The molecule has 0 aromatic heterocycles. The number of ether oxygens (including phenoxy) is 1. The van der Waals surface area contributed by atoms with Crippen molar-refractivity contribution in [2.75, 3.05) is 18.6 Å². The molecule has 0 bridgehead atoms. The lowest BCUT2D eigenvalue weighted by Crippen LogP contribution is -2.13. The first-order valence-electron chi connectivity index (χ1n) is 5.94. The molecule has 0 saturated carbocycles. The largest absolute Gasteiger partial charge is 0.491 e. The summed E-state index contributed by atoms with van der Waals surface area (Å²) in [5.41, 5.74) is 0.0252. The zero-order valence-corrected chi connectivity index (χ0v) is 11.7. The van der Waals surface area contributed by atoms with Crippen LogP contribution in [0.5, 0.6) is 5.75 Å². The van der Waals surface area contributed by atoms with Gasteiger partial charge in [0, 0.05) is 11.6 Å². The number of carboxylic acid groups (broad SMARTS) is 1. The molecule has 0 heterocycles. The first-order chi connectivity index (χ1) is 9.38. The molecule has 0 atom stereocenters. The highest BCUT2D eigenvalue weighted by atomic mass is 32.2. The molecule has 1 N–H and O–H groups in total. The quantitative estimate of drug-likeness (QED) is 0.911. The number of aromatic carboxylic acids is 1. The molecule has 0 radical (unpaired) electrons. The SMILES string of the molecule is CS(=O)(=O)CCOc1c(C(=O)O)ccc2ccccc12. The summed E-state index contributed by atoms with van der Waals surface area (Å²) >= 11 is 0. The van der Waals surface area contributed by atoms with E-state index in [1.54, 1.807) is 18.2 Å².